The van der Waals surface area contributed by atoms with Crippen molar-refractivity contribution in [2.75, 3.05) is 26.2 Å². The molecule has 2 heterocycles. The molecule has 1 aromatic rings. The summed E-state index contributed by atoms with van der Waals surface area (Å²) in [5, 5.41) is 4.12. The number of carbonyl (C=O) groups is 1. The van der Waals surface area contributed by atoms with Crippen molar-refractivity contribution in [3.05, 3.63) is 18.0 Å². The van der Waals surface area contributed by atoms with E-state index in [9.17, 15) is 4.79 Å². The maximum atomic E-state index is 12.2. The number of hydrogen-bond acceptors (Lipinski definition) is 4. The summed E-state index contributed by atoms with van der Waals surface area (Å²) >= 11 is 0. The SMILES string of the molecule is CCN1CCOC(C(=O)c2cnn(CC)c2)C1. The molecule has 0 aromatic carbocycles. The Morgan fingerprint density at radius 3 is 3.00 bits per heavy atom. The van der Waals surface area contributed by atoms with Crippen LogP contribution in [0, 0.1) is 0 Å². The van der Waals surface area contributed by atoms with E-state index in [1.807, 2.05) is 6.92 Å². The van der Waals surface area contributed by atoms with Crippen LogP contribution in [0.1, 0.15) is 24.2 Å². The number of nitrogens with zero attached hydrogens (tertiary/aromatic N) is 3. The van der Waals surface area contributed by atoms with Gasteiger partial charge in [0.2, 0.25) is 0 Å². The molecule has 5 nitrogen and oxygen atoms in total. The highest BCUT2D eigenvalue weighted by atomic mass is 16.5. The molecule has 1 atom stereocenters. The fraction of sp³-hybridized carbons (Fsp3) is 0.667. The van der Waals surface area contributed by atoms with Gasteiger partial charge >= 0.3 is 0 Å². The molecule has 0 aliphatic carbocycles. The van der Waals surface area contributed by atoms with E-state index >= 15 is 0 Å². The number of rotatable bonds is 4. The average Bonchev–Trinajstić information content (AvgIpc) is 2.86. The van der Waals surface area contributed by atoms with E-state index in [4.69, 9.17) is 4.74 Å². The molecule has 17 heavy (non-hydrogen) atoms. The van der Waals surface area contributed by atoms with Gasteiger partial charge in [-0.3, -0.25) is 14.4 Å². The number of carbonyl (C=O) groups excluding carboxylic acids is 1. The van der Waals surface area contributed by atoms with Gasteiger partial charge in [0, 0.05) is 25.8 Å². The van der Waals surface area contributed by atoms with Crippen molar-refractivity contribution in [3.63, 3.8) is 0 Å². The first-order chi connectivity index (χ1) is 8.24. The summed E-state index contributed by atoms with van der Waals surface area (Å²) in [5.41, 5.74) is 0.648. The lowest BCUT2D eigenvalue weighted by Gasteiger charge is -2.30. The summed E-state index contributed by atoms with van der Waals surface area (Å²) in [6.45, 7) is 8.06. The Bertz CT molecular complexity index is 389. The summed E-state index contributed by atoms with van der Waals surface area (Å²) in [6.07, 6.45) is 3.08. The molecular formula is C12H19N3O2. The first-order valence-corrected chi connectivity index (χ1v) is 6.15. The third kappa shape index (κ3) is 2.73. The third-order valence-corrected chi connectivity index (χ3v) is 3.13. The molecule has 1 aromatic heterocycles. The van der Waals surface area contributed by atoms with Crippen molar-refractivity contribution in [1.82, 2.24) is 14.7 Å². The number of hydrogen-bond donors (Lipinski definition) is 0. The van der Waals surface area contributed by atoms with Gasteiger partial charge < -0.3 is 4.74 Å². The van der Waals surface area contributed by atoms with Crippen LogP contribution in [0.15, 0.2) is 12.4 Å². The van der Waals surface area contributed by atoms with Gasteiger partial charge in [-0.25, -0.2) is 0 Å². The van der Waals surface area contributed by atoms with Crippen molar-refractivity contribution in [1.29, 1.82) is 0 Å². The average molecular weight is 237 g/mol. The lowest BCUT2D eigenvalue weighted by Crippen LogP contribution is -2.45. The summed E-state index contributed by atoms with van der Waals surface area (Å²) in [7, 11) is 0. The molecule has 1 saturated heterocycles. The zero-order valence-corrected chi connectivity index (χ0v) is 10.4. The van der Waals surface area contributed by atoms with Gasteiger partial charge in [0.1, 0.15) is 6.10 Å². The van der Waals surface area contributed by atoms with E-state index < -0.39 is 0 Å². The van der Waals surface area contributed by atoms with Crippen LogP contribution in [0.5, 0.6) is 0 Å². The second-order valence-corrected chi connectivity index (χ2v) is 4.20. The van der Waals surface area contributed by atoms with Crippen molar-refractivity contribution >= 4 is 5.78 Å². The molecule has 1 unspecified atom stereocenters. The number of ether oxygens (including phenoxy) is 1. The van der Waals surface area contributed by atoms with Gasteiger partial charge in [-0.1, -0.05) is 6.92 Å². The standard InChI is InChI=1S/C12H19N3O2/c1-3-14-5-6-17-11(9-14)12(16)10-7-13-15(4-2)8-10/h7-8,11H,3-6,9H2,1-2H3. The van der Waals surface area contributed by atoms with Gasteiger partial charge in [-0.05, 0) is 13.5 Å². The maximum Gasteiger partial charge on any atom is 0.196 e. The number of likely N-dealkylation sites (N-methyl/N-ethyl adjacent to an activating group) is 1. The van der Waals surface area contributed by atoms with Gasteiger partial charge in [-0.2, -0.15) is 5.10 Å². The lowest BCUT2D eigenvalue weighted by molar-refractivity contribution is -0.0148. The van der Waals surface area contributed by atoms with E-state index in [2.05, 4.69) is 16.9 Å². The van der Waals surface area contributed by atoms with Crippen LogP contribution in [0.25, 0.3) is 0 Å². The smallest absolute Gasteiger partial charge is 0.196 e. The van der Waals surface area contributed by atoms with Crippen LogP contribution in [-0.2, 0) is 11.3 Å². The normalized spacial score (nSPS) is 21.6. The Balaban J connectivity index is 2.03. The molecule has 0 saturated carbocycles. The minimum atomic E-state index is -0.335. The fourth-order valence-electron chi connectivity index (χ4n) is 2.00. The monoisotopic (exact) mass is 237 g/mol. The number of Topliss-reactive ketones (excluding diaryl/α,β-unsaturated/α-hetero) is 1. The molecule has 0 N–H and O–H groups in total. The molecule has 0 spiro atoms. The maximum absolute atomic E-state index is 12.2. The molecule has 5 heteroatoms. The highest BCUT2D eigenvalue weighted by Gasteiger charge is 2.27. The van der Waals surface area contributed by atoms with Crippen molar-refractivity contribution in [2.24, 2.45) is 0 Å². The Labute approximate surface area is 101 Å². The predicted octanol–water partition coefficient (Wildman–Crippen LogP) is 0.806. The van der Waals surface area contributed by atoms with Gasteiger partial charge in [0.25, 0.3) is 0 Å². The van der Waals surface area contributed by atoms with Crippen LogP contribution in [-0.4, -0.2) is 52.8 Å². The number of morpholine rings is 1. The first kappa shape index (κ1) is 12.3. The lowest BCUT2D eigenvalue weighted by atomic mass is 10.1. The minimum Gasteiger partial charge on any atom is -0.367 e. The summed E-state index contributed by atoms with van der Waals surface area (Å²) in [4.78, 5) is 14.4. The molecule has 2 rings (SSSR count). The van der Waals surface area contributed by atoms with E-state index in [0.29, 0.717) is 18.7 Å². The van der Waals surface area contributed by atoms with Gasteiger partial charge in [0.15, 0.2) is 5.78 Å². The van der Waals surface area contributed by atoms with Crippen LogP contribution in [0.3, 0.4) is 0 Å². The Morgan fingerprint density at radius 1 is 1.53 bits per heavy atom. The minimum absolute atomic E-state index is 0.0443. The van der Waals surface area contributed by atoms with Crippen molar-refractivity contribution < 1.29 is 9.53 Å². The predicted molar refractivity (Wildman–Crippen MR) is 64.1 cm³/mol. The van der Waals surface area contributed by atoms with E-state index in [1.54, 1.807) is 17.1 Å². The second-order valence-electron chi connectivity index (χ2n) is 4.20. The molecule has 0 radical (unpaired) electrons. The van der Waals surface area contributed by atoms with Crippen LogP contribution in [0.2, 0.25) is 0 Å². The molecule has 0 bridgehead atoms. The second kappa shape index (κ2) is 5.42. The largest absolute Gasteiger partial charge is 0.367 e. The quantitative estimate of drug-likeness (QED) is 0.727. The van der Waals surface area contributed by atoms with Gasteiger partial charge in [-0.15, -0.1) is 0 Å². The molecule has 1 fully saturated rings. The molecule has 94 valence electrons. The van der Waals surface area contributed by atoms with Gasteiger partial charge in [0.05, 0.1) is 18.4 Å². The van der Waals surface area contributed by atoms with E-state index in [0.717, 1.165) is 19.6 Å². The Hall–Kier alpha value is -1.20. The van der Waals surface area contributed by atoms with Crippen LogP contribution in [0.4, 0.5) is 0 Å². The molecular weight excluding hydrogens is 218 g/mol. The van der Waals surface area contributed by atoms with E-state index in [1.165, 1.54) is 0 Å². The highest BCUT2D eigenvalue weighted by molar-refractivity contribution is 5.99. The topological polar surface area (TPSA) is 47.4 Å². The fourth-order valence-corrected chi connectivity index (χ4v) is 2.00. The zero-order valence-electron chi connectivity index (χ0n) is 10.4. The summed E-state index contributed by atoms with van der Waals surface area (Å²) < 4.78 is 7.30. The highest BCUT2D eigenvalue weighted by Crippen LogP contribution is 2.11. The Morgan fingerprint density at radius 2 is 2.35 bits per heavy atom. The summed E-state index contributed by atoms with van der Waals surface area (Å²) in [5.74, 6) is 0.0443. The number of aromatic nitrogens is 2. The molecule has 0 amide bonds. The van der Waals surface area contributed by atoms with Crippen LogP contribution >= 0.6 is 0 Å². The van der Waals surface area contributed by atoms with Crippen molar-refractivity contribution in [2.45, 2.75) is 26.5 Å². The molecule has 1 aliphatic heterocycles. The molecule has 1 aliphatic rings. The third-order valence-electron chi connectivity index (χ3n) is 3.13. The number of ketones is 1. The first-order valence-electron chi connectivity index (χ1n) is 6.15. The summed E-state index contributed by atoms with van der Waals surface area (Å²) in [6, 6.07) is 0. The van der Waals surface area contributed by atoms with Crippen molar-refractivity contribution in [3.8, 4) is 0 Å². The number of aryl methyl sites for hydroxylation is 1. The zero-order chi connectivity index (χ0) is 12.3. The van der Waals surface area contributed by atoms with Crippen LogP contribution < -0.4 is 0 Å². The van der Waals surface area contributed by atoms with E-state index in [-0.39, 0.29) is 11.9 Å². The Kier molecular flexibility index (Phi) is 3.91.